The van der Waals surface area contributed by atoms with Crippen molar-refractivity contribution in [3.8, 4) is 0 Å². The molecule has 0 spiro atoms. The number of hydrogen-bond donors (Lipinski definition) is 1. The third kappa shape index (κ3) is 3.48. The molecule has 110 valence electrons. The molecule has 2 rings (SSSR count). The van der Waals surface area contributed by atoms with Crippen LogP contribution in [0.1, 0.15) is 16.7 Å². The number of hydrogen-bond acceptors (Lipinski definition) is 5. The summed E-state index contributed by atoms with van der Waals surface area (Å²) >= 11 is 3.04. The lowest BCUT2D eigenvalue weighted by atomic mass is 10.4. The fraction of sp³-hybridized carbons (Fsp3) is 0.385. The molecular weight excluding hydrogens is 312 g/mol. The summed E-state index contributed by atoms with van der Waals surface area (Å²) in [5.41, 5.74) is 0. The summed E-state index contributed by atoms with van der Waals surface area (Å²) in [6.07, 6.45) is 0. The number of rotatable bonds is 7. The highest BCUT2D eigenvalue weighted by Crippen LogP contribution is 2.26. The highest BCUT2D eigenvalue weighted by atomic mass is 32.2. The highest BCUT2D eigenvalue weighted by molar-refractivity contribution is 7.89. The van der Waals surface area contributed by atoms with Gasteiger partial charge in [0.2, 0.25) is 10.0 Å². The van der Waals surface area contributed by atoms with Crippen LogP contribution in [0.3, 0.4) is 0 Å². The monoisotopic (exact) mass is 330 g/mol. The van der Waals surface area contributed by atoms with Gasteiger partial charge in [0.15, 0.2) is 0 Å². The van der Waals surface area contributed by atoms with E-state index in [4.69, 9.17) is 0 Å². The third-order valence-electron chi connectivity index (χ3n) is 2.89. The van der Waals surface area contributed by atoms with Crippen LogP contribution in [0.4, 0.5) is 0 Å². The molecule has 0 unspecified atom stereocenters. The van der Waals surface area contributed by atoms with Crippen LogP contribution >= 0.6 is 22.7 Å². The summed E-state index contributed by atoms with van der Waals surface area (Å²) in [5.74, 6) is 0. The third-order valence-corrected chi connectivity index (χ3v) is 6.69. The van der Waals surface area contributed by atoms with Crippen molar-refractivity contribution in [2.75, 3.05) is 13.6 Å². The first-order valence-corrected chi connectivity index (χ1v) is 9.51. The Morgan fingerprint density at radius 1 is 1.25 bits per heavy atom. The van der Waals surface area contributed by atoms with Gasteiger partial charge in [0.25, 0.3) is 0 Å². The largest absolute Gasteiger partial charge is 0.312 e. The standard InChI is InChI=1S/C13H18N2O2S3/c1-3-14-9-12-13(6-8-19-12)20(16,17)15(2)10-11-5-4-7-18-11/h4-8,14H,3,9-10H2,1-2H3. The van der Waals surface area contributed by atoms with Crippen LogP contribution in [0.15, 0.2) is 33.9 Å². The van der Waals surface area contributed by atoms with Gasteiger partial charge in [-0.25, -0.2) is 8.42 Å². The van der Waals surface area contributed by atoms with E-state index in [2.05, 4.69) is 5.32 Å². The quantitative estimate of drug-likeness (QED) is 0.849. The molecule has 7 heteroatoms. The molecule has 2 aromatic heterocycles. The summed E-state index contributed by atoms with van der Waals surface area (Å²) in [5, 5.41) is 6.96. The van der Waals surface area contributed by atoms with E-state index in [1.807, 2.05) is 29.8 Å². The van der Waals surface area contributed by atoms with Gasteiger partial charge in [0.1, 0.15) is 0 Å². The summed E-state index contributed by atoms with van der Waals surface area (Å²) in [4.78, 5) is 2.33. The predicted molar refractivity (Wildman–Crippen MR) is 84.7 cm³/mol. The highest BCUT2D eigenvalue weighted by Gasteiger charge is 2.24. The van der Waals surface area contributed by atoms with Crippen molar-refractivity contribution in [2.45, 2.75) is 24.9 Å². The van der Waals surface area contributed by atoms with E-state index in [9.17, 15) is 8.42 Å². The van der Waals surface area contributed by atoms with Crippen LogP contribution in [0.5, 0.6) is 0 Å². The predicted octanol–water partition coefficient (Wildman–Crippen LogP) is 2.74. The number of thiophene rings is 2. The first-order valence-electron chi connectivity index (χ1n) is 6.31. The van der Waals surface area contributed by atoms with Gasteiger partial charge in [0.05, 0.1) is 4.90 Å². The van der Waals surface area contributed by atoms with Crippen molar-refractivity contribution in [2.24, 2.45) is 0 Å². The minimum atomic E-state index is -3.42. The Kier molecular flexibility index (Phi) is 5.34. The lowest BCUT2D eigenvalue weighted by Crippen LogP contribution is -2.27. The molecule has 0 aliphatic carbocycles. The van der Waals surface area contributed by atoms with Crippen molar-refractivity contribution in [1.29, 1.82) is 0 Å². The molecule has 0 fully saturated rings. The van der Waals surface area contributed by atoms with Gasteiger partial charge in [-0.05, 0) is 29.4 Å². The van der Waals surface area contributed by atoms with Crippen LogP contribution in [0, 0.1) is 0 Å². The Balaban J connectivity index is 2.19. The molecular formula is C13H18N2O2S3. The molecule has 1 N–H and O–H groups in total. The van der Waals surface area contributed by atoms with E-state index in [1.54, 1.807) is 24.5 Å². The number of sulfonamides is 1. The van der Waals surface area contributed by atoms with E-state index in [-0.39, 0.29) is 0 Å². The number of nitrogens with zero attached hydrogens (tertiary/aromatic N) is 1. The first kappa shape index (κ1) is 15.7. The van der Waals surface area contributed by atoms with Gasteiger partial charge in [-0.3, -0.25) is 0 Å². The average molecular weight is 330 g/mol. The molecule has 0 saturated carbocycles. The Labute approximate surface area is 128 Å². The topological polar surface area (TPSA) is 49.4 Å². The lowest BCUT2D eigenvalue weighted by molar-refractivity contribution is 0.469. The van der Waals surface area contributed by atoms with Crippen molar-refractivity contribution in [1.82, 2.24) is 9.62 Å². The van der Waals surface area contributed by atoms with Gasteiger partial charge < -0.3 is 5.32 Å². The van der Waals surface area contributed by atoms with Gasteiger partial charge in [-0.2, -0.15) is 4.31 Å². The van der Waals surface area contributed by atoms with Crippen LogP contribution in [-0.4, -0.2) is 26.3 Å². The van der Waals surface area contributed by atoms with Crippen LogP contribution in [0.2, 0.25) is 0 Å². The van der Waals surface area contributed by atoms with Gasteiger partial charge in [-0.1, -0.05) is 13.0 Å². The normalized spacial score (nSPS) is 12.2. The molecule has 0 bridgehead atoms. The first-order chi connectivity index (χ1) is 9.55. The second kappa shape index (κ2) is 6.82. The molecule has 2 aromatic rings. The Bertz CT molecular complexity index is 632. The summed E-state index contributed by atoms with van der Waals surface area (Å²) < 4.78 is 26.6. The van der Waals surface area contributed by atoms with E-state index >= 15 is 0 Å². The Morgan fingerprint density at radius 2 is 2.05 bits per heavy atom. The molecule has 0 radical (unpaired) electrons. The summed E-state index contributed by atoms with van der Waals surface area (Å²) in [6, 6.07) is 5.57. The maximum Gasteiger partial charge on any atom is 0.244 e. The average Bonchev–Trinajstić information content (AvgIpc) is 3.06. The van der Waals surface area contributed by atoms with E-state index < -0.39 is 10.0 Å². The minimum absolute atomic E-state index is 0.413. The summed E-state index contributed by atoms with van der Waals surface area (Å²) in [6.45, 7) is 3.83. The van der Waals surface area contributed by atoms with Gasteiger partial charge >= 0.3 is 0 Å². The van der Waals surface area contributed by atoms with Crippen LogP contribution in [0.25, 0.3) is 0 Å². The second-order valence-corrected chi connectivity index (χ2v) is 8.38. The van der Waals surface area contributed by atoms with Crippen LogP contribution in [-0.2, 0) is 23.1 Å². The van der Waals surface area contributed by atoms with E-state index in [0.29, 0.717) is 18.0 Å². The molecule has 0 aliphatic rings. The fourth-order valence-corrected chi connectivity index (χ4v) is 5.17. The molecule has 0 aromatic carbocycles. The second-order valence-electron chi connectivity index (χ2n) is 4.33. The summed E-state index contributed by atoms with van der Waals surface area (Å²) in [7, 11) is -1.79. The fourth-order valence-electron chi connectivity index (χ4n) is 1.80. The molecule has 4 nitrogen and oxygen atoms in total. The maximum atomic E-state index is 12.6. The molecule has 0 amide bonds. The zero-order valence-corrected chi connectivity index (χ0v) is 13.9. The number of nitrogens with one attached hydrogen (secondary N) is 1. The smallest absolute Gasteiger partial charge is 0.244 e. The minimum Gasteiger partial charge on any atom is -0.312 e. The Hall–Kier alpha value is -0.730. The lowest BCUT2D eigenvalue weighted by Gasteiger charge is -2.16. The van der Waals surface area contributed by atoms with Crippen molar-refractivity contribution in [3.05, 3.63) is 38.7 Å². The van der Waals surface area contributed by atoms with Gasteiger partial charge in [0, 0.05) is 29.9 Å². The van der Waals surface area contributed by atoms with Crippen LogP contribution < -0.4 is 5.32 Å². The van der Waals surface area contributed by atoms with E-state index in [1.165, 1.54) is 15.6 Å². The zero-order chi connectivity index (χ0) is 14.6. The van der Waals surface area contributed by atoms with Gasteiger partial charge in [-0.15, -0.1) is 22.7 Å². The van der Waals surface area contributed by atoms with E-state index in [0.717, 1.165) is 16.3 Å². The molecule has 0 aliphatic heterocycles. The molecule has 0 saturated heterocycles. The molecule has 20 heavy (non-hydrogen) atoms. The molecule has 0 atom stereocenters. The van der Waals surface area contributed by atoms with Crippen molar-refractivity contribution < 1.29 is 8.42 Å². The van der Waals surface area contributed by atoms with Crippen molar-refractivity contribution >= 4 is 32.7 Å². The zero-order valence-electron chi connectivity index (χ0n) is 11.5. The van der Waals surface area contributed by atoms with Crippen molar-refractivity contribution in [3.63, 3.8) is 0 Å². The maximum absolute atomic E-state index is 12.6. The Morgan fingerprint density at radius 3 is 2.70 bits per heavy atom. The SMILES string of the molecule is CCNCc1sccc1S(=O)(=O)N(C)Cc1cccs1. The molecule has 2 heterocycles.